The van der Waals surface area contributed by atoms with Gasteiger partial charge in [0.2, 0.25) is 0 Å². The number of piperidine rings is 1. The minimum Gasteiger partial charge on any atom is -0.301 e. The molecule has 2 aliphatic rings. The topological polar surface area (TPSA) is 6.48 Å². The fraction of sp³-hybridized carbons (Fsp3) is 1.00. The van der Waals surface area contributed by atoms with Crippen molar-refractivity contribution in [2.24, 2.45) is 0 Å². The first-order chi connectivity index (χ1) is 5.77. The van der Waals surface area contributed by atoms with E-state index in [2.05, 4.69) is 23.8 Å². The highest BCUT2D eigenvalue weighted by Gasteiger charge is 2.30. The predicted molar refractivity (Wildman–Crippen MR) is 51.3 cm³/mol. The molecular formula is C10H20N2. The summed E-state index contributed by atoms with van der Waals surface area (Å²) < 4.78 is 0. The van der Waals surface area contributed by atoms with E-state index in [4.69, 9.17) is 0 Å². The summed E-state index contributed by atoms with van der Waals surface area (Å²) in [4.78, 5) is 5.20. The Morgan fingerprint density at radius 2 is 2.00 bits per heavy atom. The highest BCUT2D eigenvalue weighted by Crippen LogP contribution is 2.22. The van der Waals surface area contributed by atoms with E-state index in [0.29, 0.717) is 0 Å². The van der Waals surface area contributed by atoms with Crippen molar-refractivity contribution in [3.05, 3.63) is 0 Å². The number of rotatable bonds is 0. The van der Waals surface area contributed by atoms with Gasteiger partial charge >= 0.3 is 0 Å². The molecule has 12 heavy (non-hydrogen) atoms. The molecule has 2 heteroatoms. The predicted octanol–water partition coefficient (Wildman–Crippen LogP) is 1.17. The van der Waals surface area contributed by atoms with Crippen LogP contribution in [0.3, 0.4) is 0 Å². The molecule has 2 atom stereocenters. The Kier molecular flexibility index (Phi) is 2.37. The van der Waals surface area contributed by atoms with Crippen molar-refractivity contribution < 1.29 is 0 Å². The third-order valence-electron chi connectivity index (χ3n) is 3.50. The fourth-order valence-electron chi connectivity index (χ4n) is 2.50. The van der Waals surface area contributed by atoms with Crippen LogP contribution in [0.4, 0.5) is 0 Å². The molecule has 0 aliphatic carbocycles. The minimum absolute atomic E-state index is 0.763. The molecule has 0 saturated carbocycles. The zero-order valence-corrected chi connectivity index (χ0v) is 8.29. The lowest BCUT2D eigenvalue weighted by Crippen LogP contribution is -2.57. The maximum absolute atomic E-state index is 2.69. The zero-order chi connectivity index (χ0) is 8.55. The lowest BCUT2D eigenvalue weighted by atomic mass is 9.98. The van der Waals surface area contributed by atoms with E-state index in [9.17, 15) is 0 Å². The number of fused-ring (bicyclic) bond motifs is 1. The molecule has 70 valence electrons. The molecule has 2 saturated heterocycles. The van der Waals surface area contributed by atoms with E-state index in [-0.39, 0.29) is 0 Å². The highest BCUT2D eigenvalue weighted by molar-refractivity contribution is 4.87. The molecular weight excluding hydrogens is 148 g/mol. The molecule has 0 aromatic rings. The highest BCUT2D eigenvalue weighted by atomic mass is 15.3. The average Bonchev–Trinajstić information content (AvgIpc) is 2.07. The van der Waals surface area contributed by atoms with Crippen molar-refractivity contribution >= 4 is 0 Å². The Morgan fingerprint density at radius 3 is 2.83 bits per heavy atom. The SMILES string of the molecule is CC1CN2CCCCC2CN1C. The van der Waals surface area contributed by atoms with Crippen LogP contribution in [-0.4, -0.2) is 48.6 Å². The van der Waals surface area contributed by atoms with Crippen LogP contribution < -0.4 is 0 Å². The molecule has 2 nitrogen and oxygen atoms in total. The van der Waals surface area contributed by atoms with E-state index >= 15 is 0 Å². The zero-order valence-electron chi connectivity index (χ0n) is 8.29. The Labute approximate surface area is 75.5 Å². The number of nitrogens with zero attached hydrogens (tertiary/aromatic N) is 2. The first-order valence-electron chi connectivity index (χ1n) is 5.21. The van der Waals surface area contributed by atoms with Crippen molar-refractivity contribution in [2.75, 3.05) is 26.7 Å². The Morgan fingerprint density at radius 1 is 1.17 bits per heavy atom. The van der Waals surface area contributed by atoms with E-state index in [1.54, 1.807) is 0 Å². The number of hydrogen-bond acceptors (Lipinski definition) is 2. The number of hydrogen-bond donors (Lipinski definition) is 0. The molecule has 2 aliphatic heterocycles. The average molecular weight is 168 g/mol. The summed E-state index contributed by atoms with van der Waals surface area (Å²) in [6, 6.07) is 1.64. The first-order valence-corrected chi connectivity index (χ1v) is 5.21. The van der Waals surface area contributed by atoms with E-state index in [0.717, 1.165) is 12.1 Å². The standard InChI is InChI=1S/C10H20N2/c1-9-7-12-6-4-3-5-10(12)8-11(9)2/h9-10H,3-8H2,1-2H3. The lowest BCUT2D eigenvalue weighted by Gasteiger charge is -2.46. The van der Waals surface area contributed by atoms with Gasteiger partial charge in [-0.3, -0.25) is 4.90 Å². The third-order valence-corrected chi connectivity index (χ3v) is 3.50. The third kappa shape index (κ3) is 1.50. The van der Waals surface area contributed by atoms with Gasteiger partial charge in [0.1, 0.15) is 0 Å². The fourth-order valence-corrected chi connectivity index (χ4v) is 2.50. The second kappa shape index (κ2) is 3.35. The number of piperazine rings is 1. The van der Waals surface area contributed by atoms with Gasteiger partial charge in [-0.2, -0.15) is 0 Å². The molecule has 0 N–H and O–H groups in total. The van der Waals surface area contributed by atoms with Gasteiger partial charge in [-0.25, -0.2) is 0 Å². The molecule has 0 aromatic carbocycles. The summed E-state index contributed by atoms with van der Waals surface area (Å²) in [5.74, 6) is 0. The van der Waals surface area contributed by atoms with Crippen LogP contribution in [-0.2, 0) is 0 Å². The maximum Gasteiger partial charge on any atom is 0.0223 e. The molecule has 0 spiro atoms. The van der Waals surface area contributed by atoms with Gasteiger partial charge in [-0.05, 0) is 33.4 Å². The molecule has 2 unspecified atom stereocenters. The van der Waals surface area contributed by atoms with Gasteiger partial charge in [-0.1, -0.05) is 6.42 Å². The molecule has 0 aromatic heterocycles. The Balaban J connectivity index is 1.98. The monoisotopic (exact) mass is 168 g/mol. The maximum atomic E-state index is 2.69. The quantitative estimate of drug-likeness (QED) is 0.536. The minimum atomic E-state index is 0.763. The lowest BCUT2D eigenvalue weighted by molar-refractivity contribution is 0.0294. The van der Waals surface area contributed by atoms with Gasteiger partial charge in [-0.15, -0.1) is 0 Å². The van der Waals surface area contributed by atoms with Crippen LogP contribution in [0.1, 0.15) is 26.2 Å². The van der Waals surface area contributed by atoms with Crippen LogP contribution in [0.15, 0.2) is 0 Å². The van der Waals surface area contributed by atoms with Crippen molar-refractivity contribution in [3.63, 3.8) is 0 Å². The normalized spacial score (nSPS) is 39.5. The van der Waals surface area contributed by atoms with Crippen LogP contribution in [0, 0.1) is 0 Å². The summed E-state index contributed by atoms with van der Waals surface area (Å²) in [5.41, 5.74) is 0. The van der Waals surface area contributed by atoms with Crippen molar-refractivity contribution in [3.8, 4) is 0 Å². The Bertz CT molecular complexity index is 140. The van der Waals surface area contributed by atoms with E-state index in [1.165, 1.54) is 38.9 Å². The molecule has 2 rings (SSSR count). The van der Waals surface area contributed by atoms with Crippen LogP contribution in [0.2, 0.25) is 0 Å². The van der Waals surface area contributed by atoms with Gasteiger partial charge in [0.15, 0.2) is 0 Å². The summed E-state index contributed by atoms with van der Waals surface area (Å²) in [5, 5.41) is 0. The van der Waals surface area contributed by atoms with Crippen LogP contribution in [0.5, 0.6) is 0 Å². The van der Waals surface area contributed by atoms with Gasteiger partial charge in [0, 0.05) is 25.2 Å². The summed E-state index contributed by atoms with van der Waals surface area (Å²) in [6.45, 7) is 6.27. The van der Waals surface area contributed by atoms with Gasteiger partial charge < -0.3 is 4.90 Å². The summed E-state index contributed by atoms with van der Waals surface area (Å²) in [7, 11) is 2.26. The summed E-state index contributed by atoms with van der Waals surface area (Å²) >= 11 is 0. The van der Waals surface area contributed by atoms with Crippen molar-refractivity contribution in [2.45, 2.75) is 38.3 Å². The summed E-state index contributed by atoms with van der Waals surface area (Å²) in [6.07, 6.45) is 4.30. The van der Waals surface area contributed by atoms with Crippen LogP contribution >= 0.6 is 0 Å². The van der Waals surface area contributed by atoms with Crippen molar-refractivity contribution in [1.29, 1.82) is 0 Å². The van der Waals surface area contributed by atoms with E-state index < -0.39 is 0 Å². The molecule has 0 bridgehead atoms. The molecule has 0 amide bonds. The second-order valence-corrected chi connectivity index (χ2v) is 4.43. The first kappa shape index (κ1) is 8.52. The Hall–Kier alpha value is -0.0800. The van der Waals surface area contributed by atoms with E-state index in [1.807, 2.05) is 0 Å². The second-order valence-electron chi connectivity index (χ2n) is 4.43. The molecule has 2 fully saturated rings. The van der Waals surface area contributed by atoms with Gasteiger partial charge in [0.05, 0.1) is 0 Å². The van der Waals surface area contributed by atoms with Gasteiger partial charge in [0.25, 0.3) is 0 Å². The molecule has 2 heterocycles. The largest absolute Gasteiger partial charge is 0.301 e. The molecule has 0 radical (unpaired) electrons. The van der Waals surface area contributed by atoms with Crippen molar-refractivity contribution in [1.82, 2.24) is 9.80 Å². The smallest absolute Gasteiger partial charge is 0.0223 e. The van der Waals surface area contributed by atoms with Crippen LogP contribution in [0.25, 0.3) is 0 Å². The number of likely N-dealkylation sites (N-methyl/N-ethyl adjacent to an activating group) is 1.